The molecule has 0 aliphatic rings. The Morgan fingerprint density at radius 2 is 2.00 bits per heavy atom. The second-order valence-corrected chi connectivity index (χ2v) is 6.23. The largest absolute Gasteiger partial charge is 0.347 e. The van der Waals surface area contributed by atoms with Gasteiger partial charge in [-0.1, -0.05) is 49.2 Å². The number of hydrogen-bond acceptors (Lipinski definition) is 3. The van der Waals surface area contributed by atoms with E-state index in [1.807, 2.05) is 42.6 Å². The molecule has 0 radical (unpaired) electrons. The van der Waals surface area contributed by atoms with Crippen LogP contribution in [0.15, 0.2) is 41.8 Å². The highest BCUT2D eigenvalue weighted by atomic mass is 32.1. The molecule has 3 N–H and O–H groups in total. The monoisotopic (exact) mass is 302 g/mol. The van der Waals surface area contributed by atoms with Gasteiger partial charge in [0.05, 0.1) is 6.04 Å². The fourth-order valence-electron chi connectivity index (χ4n) is 2.25. The summed E-state index contributed by atoms with van der Waals surface area (Å²) in [4.78, 5) is 13.6. The number of nitrogens with one attached hydrogen (secondary N) is 1. The second-order valence-electron chi connectivity index (χ2n) is 5.25. The SMILES string of the molecule is CCCC(NC(=O)C(N)c1ccc(C)cc1)c1cccs1. The number of carbonyl (C=O) groups is 1. The first-order valence-electron chi connectivity index (χ1n) is 7.27. The zero-order chi connectivity index (χ0) is 15.2. The Bertz CT molecular complexity index is 563. The zero-order valence-corrected chi connectivity index (χ0v) is 13.3. The van der Waals surface area contributed by atoms with Crippen LogP contribution in [-0.2, 0) is 4.79 Å². The van der Waals surface area contributed by atoms with Crippen LogP contribution in [0.2, 0.25) is 0 Å². The van der Waals surface area contributed by atoms with Gasteiger partial charge >= 0.3 is 0 Å². The van der Waals surface area contributed by atoms with Crippen molar-refractivity contribution in [2.75, 3.05) is 0 Å². The van der Waals surface area contributed by atoms with E-state index in [4.69, 9.17) is 5.73 Å². The van der Waals surface area contributed by atoms with Crippen LogP contribution in [0.5, 0.6) is 0 Å². The third-order valence-electron chi connectivity index (χ3n) is 3.50. The summed E-state index contributed by atoms with van der Waals surface area (Å²) < 4.78 is 0. The third-order valence-corrected chi connectivity index (χ3v) is 4.49. The van der Waals surface area contributed by atoms with Crippen molar-refractivity contribution < 1.29 is 4.79 Å². The van der Waals surface area contributed by atoms with E-state index in [-0.39, 0.29) is 11.9 Å². The van der Waals surface area contributed by atoms with Crippen molar-refractivity contribution in [1.29, 1.82) is 0 Å². The minimum atomic E-state index is -0.620. The van der Waals surface area contributed by atoms with Gasteiger partial charge in [0.15, 0.2) is 0 Å². The molecule has 0 fully saturated rings. The maximum atomic E-state index is 12.4. The predicted molar refractivity (Wildman–Crippen MR) is 88.2 cm³/mol. The molecule has 0 aliphatic heterocycles. The fourth-order valence-corrected chi connectivity index (χ4v) is 3.06. The van der Waals surface area contributed by atoms with Gasteiger partial charge in [-0.2, -0.15) is 0 Å². The molecule has 4 heteroatoms. The molecule has 2 unspecified atom stereocenters. The number of amides is 1. The van der Waals surface area contributed by atoms with E-state index in [0.29, 0.717) is 0 Å². The van der Waals surface area contributed by atoms with Gasteiger partial charge in [-0.05, 0) is 30.4 Å². The maximum absolute atomic E-state index is 12.4. The lowest BCUT2D eigenvalue weighted by molar-refractivity contribution is -0.123. The van der Waals surface area contributed by atoms with Crippen LogP contribution in [0, 0.1) is 6.92 Å². The van der Waals surface area contributed by atoms with Crippen molar-refractivity contribution in [3.8, 4) is 0 Å². The van der Waals surface area contributed by atoms with Crippen molar-refractivity contribution in [3.05, 3.63) is 57.8 Å². The lowest BCUT2D eigenvalue weighted by Gasteiger charge is -2.20. The van der Waals surface area contributed by atoms with E-state index < -0.39 is 6.04 Å². The number of nitrogens with two attached hydrogens (primary N) is 1. The lowest BCUT2D eigenvalue weighted by Crippen LogP contribution is -2.36. The summed E-state index contributed by atoms with van der Waals surface area (Å²) in [5.74, 6) is -0.120. The Hall–Kier alpha value is -1.65. The smallest absolute Gasteiger partial charge is 0.242 e. The molecule has 3 nitrogen and oxygen atoms in total. The first-order valence-corrected chi connectivity index (χ1v) is 8.15. The lowest BCUT2D eigenvalue weighted by atomic mass is 10.0. The fraction of sp³-hybridized carbons (Fsp3) is 0.353. The number of aryl methyl sites for hydroxylation is 1. The Kier molecular flexibility index (Phi) is 5.53. The molecule has 0 saturated carbocycles. The normalized spacial score (nSPS) is 13.7. The molecule has 1 heterocycles. The van der Waals surface area contributed by atoms with Crippen molar-refractivity contribution >= 4 is 17.2 Å². The second kappa shape index (κ2) is 7.38. The van der Waals surface area contributed by atoms with Crippen molar-refractivity contribution in [2.45, 2.75) is 38.8 Å². The molecule has 112 valence electrons. The van der Waals surface area contributed by atoms with Crippen molar-refractivity contribution in [1.82, 2.24) is 5.32 Å². The summed E-state index contributed by atoms with van der Waals surface area (Å²) >= 11 is 1.67. The summed E-state index contributed by atoms with van der Waals surface area (Å²) in [6.45, 7) is 4.14. The Balaban J connectivity index is 2.06. The number of thiophene rings is 1. The van der Waals surface area contributed by atoms with Gasteiger partial charge in [-0.15, -0.1) is 11.3 Å². The molecule has 2 aromatic rings. The number of carbonyl (C=O) groups excluding carboxylic acids is 1. The van der Waals surface area contributed by atoms with Crippen LogP contribution in [0.25, 0.3) is 0 Å². The van der Waals surface area contributed by atoms with Crippen LogP contribution < -0.4 is 11.1 Å². The quantitative estimate of drug-likeness (QED) is 0.854. The maximum Gasteiger partial charge on any atom is 0.242 e. The highest BCUT2D eigenvalue weighted by molar-refractivity contribution is 7.10. The molecular formula is C17H22N2OS. The molecule has 0 spiro atoms. The average Bonchev–Trinajstić information content (AvgIpc) is 3.01. The summed E-state index contributed by atoms with van der Waals surface area (Å²) in [6, 6.07) is 11.3. The number of benzene rings is 1. The molecule has 0 saturated heterocycles. The molecule has 1 aromatic heterocycles. The Morgan fingerprint density at radius 1 is 1.29 bits per heavy atom. The van der Waals surface area contributed by atoms with E-state index in [2.05, 4.69) is 18.3 Å². The van der Waals surface area contributed by atoms with Crippen molar-refractivity contribution in [3.63, 3.8) is 0 Å². The average molecular weight is 302 g/mol. The van der Waals surface area contributed by atoms with Crippen LogP contribution in [-0.4, -0.2) is 5.91 Å². The van der Waals surface area contributed by atoms with Gasteiger partial charge in [0.25, 0.3) is 0 Å². The molecule has 2 atom stereocenters. The Morgan fingerprint density at radius 3 is 2.57 bits per heavy atom. The minimum absolute atomic E-state index is 0.0546. The summed E-state index contributed by atoms with van der Waals surface area (Å²) in [6.07, 6.45) is 1.94. The highest BCUT2D eigenvalue weighted by Gasteiger charge is 2.20. The molecule has 0 bridgehead atoms. The third kappa shape index (κ3) is 4.16. The Labute approximate surface area is 130 Å². The molecule has 1 amide bonds. The van der Waals surface area contributed by atoms with Crippen LogP contribution >= 0.6 is 11.3 Å². The molecule has 2 rings (SSSR count). The van der Waals surface area contributed by atoms with Gasteiger partial charge in [-0.3, -0.25) is 4.79 Å². The predicted octanol–water partition coefficient (Wildman–Crippen LogP) is 3.71. The van der Waals surface area contributed by atoms with Crippen molar-refractivity contribution in [2.24, 2.45) is 5.73 Å². The van der Waals surface area contributed by atoms with Gasteiger partial charge in [-0.25, -0.2) is 0 Å². The van der Waals surface area contributed by atoms with Gasteiger partial charge in [0, 0.05) is 4.88 Å². The van der Waals surface area contributed by atoms with Crippen LogP contribution in [0.1, 0.15) is 47.9 Å². The van der Waals surface area contributed by atoms with E-state index in [1.165, 1.54) is 4.88 Å². The van der Waals surface area contributed by atoms with Gasteiger partial charge in [0.2, 0.25) is 5.91 Å². The summed E-state index contributed by atoms with van der Waals surface area (Å²) in [5, 5.41) is 5.11. The van der Waals surface area contributed by atoms with Crippen LogP contribution in [0.4, 0.5) is 0 Å². The van der Waals surface area contributed by atoms with E-state index in [9.17, 15) is 4.79 Å². The molecule has 0 aliphatic carbocycles. The topological polar surface area (TPSA) is 55.1 Å². The number of hydrogen-bond donors (Lipinski definition) is 2. The number of rotatable bonds is 6. The summed E-state index contributed by atoms with van der Waals surface area (Å²) in [7, 11) is 0. The van der Waals surface area contributed by atoms with Crippen LogP contribution in [0.3, 0.4) is 0 Å². The standard InChI is InChI=1S/C17H22N2OS/c1-3-5-14(15-6-4-11-21-15)19-17(20)16(18)13-9-7-12(2)8-10-13/h4,6-11,14,16H,3,5,18H2,1-2H3,(H,19,20). The van der Waals surface area contributed by atoms with Gasteiger partial charge in [0.1, 0.15) is 6.04 Å². The van der Waals surface area contributed by atoms with Gasteiger partial charge < -0.3 is 11.1 Å². The minimum Gasteiger partial charge on any atom is -0.347 e. The molecule has 21 heavy (non-hydrogen) atoms. The first kappa shape index (κ1) is 15.7. The summed E-state index contributed by atoms with van der Waals surface area (Å²) in [5.41, 5.74) is 8.09. The first-order chi connectivity index (χ1) is 10.1. The highest BCUT2D eigenvalue weighted by Crippen LogP contribution is 2.24. The zero-order valence-electron chi connectivity index (χ0n) is 12.5. The van der Waals surface area contributed by atoms with E-state index in [0.717, 1.165) is 24.0 Å². The van der Waals surface area contributed by atoms with E-state index in [1.54, 1.807) is 11.3 Å². The molecule has 1 aromatic carbocycles. The molecular weight excluding hydrogens is 280 g/mol. The van der Waals surface area contributed by atoms with E-state index >= 15 is 0 Å².